The maximum absolute atomic E-state index is 11.7. The van der Waals surface area contributed by atoms with Crippen molar-refractivity contribution in [3.05, 3.63) is 11.6 Å². The standard InChI is InChI=1S/C35H62O7/c1-3-4-5-6-7-8-12-15-18-29(37)31-20-22-33(41-31)34-23-21-32(42-34)30(38)19-16-13-10-9-11-14-17-28(36)25-27-24-26(2)40-35(27)39/h24,26,28-34,36-38H,3-23,25H2,1-2H3/t26-,28-,29-,30+,31+,32-,33-,34+/m0/s1. The molecular weight excluding hydrogens is 532 g/mol. The maximum Gasteiger partial charge on any atom is 0.334 e. The number of hydrogen-bond donors (Lipinski definition) is 3. The lowest BCUT2D eigenvalue weighted by Crippen LogP contribution is -2.33. The van der Waals surface area contributed by atoms with E-state index in [2.05, 4.69) is 6.92 Å². The van der Waals surface area contributed by atoms with Crippen molar-refractivity contribution in [3.63, 3.8) is 0 Å². The van der Waals surface area contributed by atoms with Gasteiger partial charge in [0.25, 0.3) is 0 Å². The van der Waals surface area contributed by atoms with E-state index < -0.39 is 12.2 Å². The van der Waals surface area contributed by atoms with E-state index in [1.54, 1.807) is 6.08 Å². The first-order valence-corrected chi connectivity index (χ1v) is 17.6. The van der Waals surface area contributed by atoms with Crippen LogP contribution in [0.3, 0.4) is 0 Å². The minimum atomic E-state index is -0.482. The first-order chi connectivity index (χ1) is 20.4. The number of hydrogen-bond acceptors (Lipinski definition) is 7. The second-order valence-electron chi connectivity index (χ2n) is 13.3. The van der Waals surface area contributed by atoms with Gasteiger partial charge in [-0.05, 0) is 57.9 Å². The monoisotopic (exact) mass is 594 g/mol. The van der Waals surface area contributed by atoms with E-state index in [4.69, 9.17) is 14.2 Å². The molecule has 2 fully saturated rings. The quantitative estimate of drug-likeness (QED) is 0.0858. The fourth-order valence-electron chi connectivity index (χ4n) is 6.93. The number of unbranched alkanes of at least 4 members (excludes halogenated alkanes) is 12. The lowest BCUT2D eigenvalue weighted by molar-refractivity contribution is -0.139. The summed E-state index contributed by atoms with van der Waals surface area (Å²) in [5.41, 5.74) is 0.606. The van der Waals surface area contributed by atoms with Gasteiger partial charge in [0.2, 0.25) is 0 Å². The van der Waals surface area contributed by atoms with Gasteiger partial charge in [0, 0.05) is 12.0 Å². The average Bonchev–Trinajstić information content (AvgIpc) is 3.72. The Morgan fingerprint density at radius 2 is 1.14 bits per heavy atom. The molecule has 7 heteroatoms. The highest BCUT2D eigenvalue weighted by molar-refractivity contribution is 5.90. The van der Waals surface area contributed by atoms with E-state index >= 15 is 0 Å². The fourth-order valence-corrected chi connectivity index (χ4v) is 6.93. The average molecular weight is 595 g/mol. The van der Waals surface area contributed by atoms with Crippen molar-refractivity contribution in [2.75, 3.05) is 0 Å². The molecule has 0 radical (unpaired) electrons. The third kappa shape index (κ3) is 12.9. The predicted octanol–water partition coefficient (Wildman–Crippen LogP) is 7.08. The number of esters is 1. The maximum atomic E-state index is 11.7. The summed E-state index contributed by atoms with van der Waals surface area (Å²) in [6.07, 6.45) is 23.2. The number of rotatable bonds is 23. The summed E-state index contributed by atoms with van der Waals surface area (Å²) < 4.78 is 17.6. The molecule has 3 rings (SSSR count). The van der Waals surface area contributed by atoms with Gasteiger partial charge >= 0.3 is 5.97 Å². The summed E-state index contributed by atoms with van der Waals surface area (Å²) >= 11 is 0. The Morgan fingerprint density at radius 3 is 1.60 bits per heavy atom. The van der Waals surface area contributed by atoms with E-state index in [-0.39, 0.29) is 42.6 Å². The van der Waals surface area contributed by atoms with Crippen LogP contribution in [0, 0.1) is 0 Å². The van der Waals surface area contributed by atoms with Crippen LogP contribution in [0.2, 0.25) is 0 Å². The molecule has 3 heterocycles. The van der Waals surface area contributed by atoms with Crippen molar-refractivity contribution in [1.82, 2.24) is 0 Å². The van der Waals surface area contributed by atoms with Gasteiger partial charge < -0.3 is 29.5 Å². The zero-order valence-corrected chi connectivity index (χ0v) is 26.7. The van der Waals surface area contributed by atoms with Crippen molar-refractivity contribution in [3.8, 4) is 0 Å². The molecule has 0 bridgehead atoms. The van der Waals surface area contributed by atoms with E-state index in [0.717, 1.165) is 83.5 Å². The molecule has 3 aliphatic heterocycles. The molecule has 0 saturated carbocycles. The van der Waals surface area contributed by atoms with Gasteiger partial charge in [-0.3, -0.25) is 0 Å². The Morgan fingerprint density at radius 1 is 0.690 bits per heavy atom. The molecule has 244 valence electrons. The summed E-state index contributed by atoms with van der Waals surface area (Å²) in [4.78, 5) is 11.7. The van der Waals surface area contributed by atoms with Gasteiger partial charge in [0.15, 0.2) is 0 Å². The summed E-state index contributed by atoms with van der Waals surface area (Å²) in [6, 6.07) is 0. The van der Waals surface area contributed by atoms with Crippen LogP contribution in [0.5, 0.6) is 0 Å². The molecular formula is C35H62O7. The molecule has 42 heavy (non-hydrogen) atoms. The SMILES string of the molecule is CCCCCCCCCC[C@H](O)[C@H]1CC[C@@H]([C@H]2CC[C@@H]([C@H](O)CCCCCCCC[C@H](O)CC3=C[C@H](C)OC3=O)O2)O1. The van der Waals surface area contributed by atoms with E-state index in [1.165, 1.54) is 44.9 Å². The smallest absolute Gasteiger partial charge is 0.334 e. The lowest BCUT2D eigenvalue weighted by Gasteiger charge is -2.24. The van der Waals surface area contributed by atoms with Crippen LogP contribution in [0.25, 0.3) is 0 Å². The van der Waals surface area contributed by atoms with Gasteiger partial charge in [-0.15, -0.1) is 0 Å². The minimum absolute atomic E-state index is 0.0410. The Hall–Kier alpha value is -0.990. The first kappa shape index (κ1) is 35.5. The zero-order valence-electron chi connectivity index (χ0n) is 26.7. The number of aliphatic hydroxyl groups is 3. The number of cyclic esters (lactones) is 1. The zero-order chi connectivity index (χ0) is 30.2. The first-order valence-electron chi connectivity index (χ1n) is 17.6. The van der Waals surface area contributed by atoms with Crippen LogP contribution < -0.4 is 0 Å². The number of carbonyl (C=O) groups excluding carboxylic acids is 1. The van der Waals surface area contributed by atoms with Crippen LogP contribution in [0.1, 0.15) is 155 Å². The van der Waals surface area contributed by atoms with E-state index in [1.807, 2.05) is 6.92 Å². The Kier molecular flexibility index (Phi) is 17.0. The summed E-state index contributed by atoms with van der Waals surface area (Å²) in [6.45, 7) is 4.08. The molecule has 8 atom stereocenters. The van der Waals surface area contributed by atoms with Gasteiger partial charge in [-0.25, -0.2) is 4.79 Å². The van der Waals surface area contributed by atoms with Crippen molar-refractivity contribution >= 4 is 5.97 Å². The molecule has 0 spiro atoms. The molecule has 0 aromatic rings. The molecule has 0 aliphatic carbocycles. The summed E-state index contributed by atoms with van der Waals surface area (Å²) in [5.74, 6) is -0.290. The molecule has 0 aromatic carbocycles. The number of carbonyl (C=O) groups is 1. The highest BCUT2D eigenvalue weighted by Gasteiger charge is 2.40. The summed E-state index contributed by atoms with van der Waals surface area (Å²) in [5, 5.41) is 31.6. The molecule has 3 N–H and O–H groups in total. The number of ether oxygens (including phenoxy) is 3. The summed E-state index contributed by atoms with van der Waals surface area (Å²) in [7, 11) is 0. The van der Waals surface area contributed by atoms with Crippen LogP contribution in [0.15, 0.2) is 11.6 Å². The molecule has 3 aliphatic rings. The highest BCUT2D eigenvalue weighted by Crippen LogP contribution is 2.34. The second-order valence-corrected chi connectivity index (χ2v) is 13.3. The number of aliphatic hydroxyl groups excluding tert-OH is 3. The minimum Gasteiger partial charge on any atom is -0.455 e. The third-order valence-electron chi connectivity index (χ3n) is 9.53. The highest BCUT2D eigenvalue weighted by atomic mass is 16.6. The van der Waals surface area contributed by atoms with Crippen molar-refractivity contribution < 1.29 is 34.3 Å². The van der Waals surface area contributed by atoms with Gasteiger partial charge in [-0.1, -0.05) is 96.8 Å². The Balaban J connectivity index is 1.16. The Bertz CT molecular complexity index is 770. The van der Waals surface area contributed by atoms with Crippen LogP contribution >= 0.6 is 0 Å². The van der Waals surface area contributed by atoms with E-state index in [9.17, 15) is 20.1 Å². The van der Waals surface area contributed by atoms with Crippen LogP contribution in [-0.2, 0) is 19.0 Å². The topological polar surface area (TPSA) is 105 Å². The second kappa shape index (κ2) is 20.1. The molecule has 0 aromatic heterocycles. The third-order valence-corrected chi connectivity index (χ3v) is 9.53. The molecule has 0 amide bonds. The van der Waals surface area contributed by atoms with Crippen LogP contribution in [-0.4, -0.2) is 70.1 Å². The largest absolute Gasteiger partial charge is 0.455 e. The molecule has 7 nitrogen and oxygen atoms in total. The Labute approximate surface area is 255 Å². The normalized spacial score (nSPS) is 28.2. The predicted molar refractivity (Wildman–Crippen MR) is 166 cm³/mol. The fraction of sp³-hybridized carbons (Fsp3) is 0.914. The van der Waals surface area contributed by atoms with Gasteiger partial charge in [0.1, 0.15) is 6.10 Å². The van der Waals surface area contributed by atoms with Crippen molar-refractivity contribution in [2.45, 2.75) is 204 Å². The van der Waals surface area contributed by atoms with Crippen molar-refractivity contribution in [2.24, 2.45) is 0 Å². The van der Waals surface area contributed by atoms with Gasteiger partial charge in [0.05, 0.1) is 42.7 Å². The molecule has 0 unspecified atom stereocenters. The lowest BCUT2D eigenvalue weighted by atomic mass is 10.00. The van der Waals surface area contributed by atoms with Gasteiger partial charge in [-0.2, -0.15) is 0 Å². The van der Waals surface area contributed by atoms with Crippen LogP contribution in [0.4, 0.5) is 0 Å². The molecule has 2 saturated heterocycles. The van der Waals surface area contributed by atoms with Crippen molar-refractivity contribution in [1.29, 1.82) is 0 Å². The van der Waals surface area contributed by atoms with E-state index in [0.29, 0.717) is 18.4 Å².